The van der Waals surface area contributed by atoms with Crippen LogP contribution < -0.4 is 4.90 Å². The summed E-state index contributed by atoms with van der Waals surface area (Å²) in [6, 6.07) is 3.50. The summed E-state index contributed by atoms with van der Waals surface area (Å²) in [5.74, 6) is -5.78. The Morgan fingerprint density at radius 2 is 1.95 bits per heavy atom. The molecule has 1 amide bonds. The number of carboxylic acids is 1. The Morgan fingerprint density at radius 1 is 1.30 bits per heavy atom. The molecule has 0 fully saturated rings. The van der Waals surface area contributed by atoms with E-state index in [1.807, 2.05) is 0 Å². The average Bonchev–Trinajstić information content (AvgIpc) is 2.35. The number of anilines is 1. The molecule has 108 valence electrons. The standard InChI is InChI=1S/C12H9F4NO3/c13-8-3-1-2-6-4-7(10(18)19)5-17(9(6)8)11(20)12(14,15)16/h1-3,7H,4-5H2,(H,18,19). The third-order valence-corrected chi connectivity index (χ3v) is 3.05. The number of halogens is 4. The minimum atomic E-state index is -5.19. The van der Waals surface area contributed by atoms with Crippen LogP contribution in [0.4, 0.5) is 23.2 Å². The number of amides is 1. The molecule has 0 bridgehead atoms. The summed E-state index contributed by atoms with van der Waals surface area (Å²) in [5, 5.41) is 8.92. The molecule has 2 rings (SSSR count). The van der Waals surface area contributed by atoms with E-state index in [9.17, 15) is 27.2 Å². The lowest BCUT2D eigenvalue weighted by Crippen LogP contribution is -2.48. The molecule has 0 spiro atoms. The number of hydrogen-bond donors (Lipinski definition) is 1. The van der Waals surface area contributed by atoms with Gasteiger partial charge in [-0.05, 0) is 18.1 Å². The van der Waals surface area contributed by atoms with Gasteiger partial charge in [0.1, 0.15) is 5.82 Å². The highest BCUT2D eigenvalue weighted by Gasteiger charge is 2.46. The number of rotatable bonds is 1. The van der Waals surface area contributed by atoms with Crippen molar-refractivity contribution in [2.45, 2.75) is 12.6 Å². The van der Waals surface area contributed by atoms with E-state index in [1.54, 1.807) is 0 Å². The van der Waals surface area contributed by atoms with Crippen LogP contribution in [0.3, 0.4) is 0 Å². The van der Waals surface area contributed by atoms with Crippen molar-refractivity contribution in [1.29, 1.82) is 0 Å². The number of aliphatic carboxylic acids is 1. The van der Waals surface area contributed by atoms with Crippen LogP contribution in [0.2, 0.25) is 0 Å². The minimum Gasteiger partial charge on any atom is -0.481 e. The smallest absolute Gasteiger partial charge is 0.471 e. The number of alkyl halides is 3. The molecule has 1 unspecified atom stereocenters. The van der Waals surface area contributed by atoms with Gasteiger partial charge in [-0.3, -0.25) is 9.59 Å². The zero-order chi connectivity index (χ0) is 15.1. The quantitative estimate of drug-likeness (QED) is 0.805. The number of nitrogens with zero attached hydrogens (tertiary/aromatic N) is 1. The third-order valence-electron chi connectivity index (χ3n) is 3.05. The molecule has 1 atom stereocenters. The van der Waals surface area contributed by atoms with Crippen molar-refractivity contribution in [1.82, 2.24) is 0 Å². The van der Waals surface area contributed by atoms with Crippen molar-refractivity contribution in [3.63, 3.8) is 0 Å². The van der Waals surface area contributed by atoms with E-state index in [1.165, 1.54) is 12.1 Å². The van der Waals surface area contributed by atoms with Crippen LogP contribution in [0.15, 0.2) is 18.2 Å². The lowest BCUT2D eigenvalue weighted by molar-refractivity contribution is -0.170. The molecule has 1 N–H and O–H groups in total. The Bertz CT molecular complexity index is 570. The van der Waals surface area contributed by atoms with Crippen molar-refractivity contribution in [2.24, 2.45) is 5.92 Å². The molecule has 8 heteroatoms. The number of hydrogen-bond acceptors (Lipinski definition) is 2. The van der Waals surface area contributed by atoms with Gasteiger partial charge in [0.15, 0.2) is 0 Å². The summed E-state index contributed by atoms with van der Waals surface area (Å²) in [6.07, 6.45) is -5.32. The Balaban J connectivity index is 2.51. The Hall–Kier alpha value is -2.12. The normalized spacial score (nSPS) is 18.6. The first kappa shape index (κ1) is 14.3. The van der Waals surface area contributed by atoms with Gasteiger partial charge in [0.25, 0.3) is 0 Å². The second-order valence-electron chi connectivity index (χ2n) is 4.40. The second kappa shape index (κ2) is 4.77. The first-order valence-corrected chi connectivity index (χ1v) is 5.60. The molecule has 20 heavy (non-hydrogen) atoms. The first-order chi connectivity index (χ1) is 9.21. The van der Waals surface area contributed by atoms with Crippen LogP contribution in [0.1, 0.15) is 5.56 Å². The largest absolute Gasteiger partial charge is 0.481 e. The fraction of sp³-hybridized carbons (Fsp3) is 0.333. The lowest BCUT2D eigenvalue weighted by atomic mass is 9.92. The molecular weight excluding hydrogens is 282 g/mol. The van der Waals surface area contributed by atoms with E-state index in [4.69, 9.17) is 5.11 Å². The number of fused-ring (bicyclic) bond motifs is 1. The van der Waals surface area contributed by atoms with E-state index in [2.05, 4.69) is 0 Å². The van der Waals surface area contributed by atoms with Crippen LogP contribution in [0.5, 0.6) is 0 Å². The van der Waals surface area contributed by atoms with Crippen LogP contribution in [-0.4, -0.2) is 29.7 Å². The number of carbonyl (C=O) groups is 2. The van der Waals surface area contributed by atoms with Gasteiger partial charge in [0.05, 0.1) is 11.6 Å². The second-order valence-corrected chi connectivity index (χ2v) is 4.40. The van der Waals surface area contributed by atoms with E-state index < -0.39 is 42.0 Å². The zero-order valence-electron chi connectivity index (χ0n) is 9.95. The third kappa shape index (κ3) is 2.45. The summed E-state index contributed by atoms with van der Waals surface area (Å²) < 4.78 is 51.3. The predicted molar refractivity (Wildman–Crippen MR) is 59.6 cm³/mol. The summed E-state index contributed by atoms with van der Waals surface area (Å²) in [6.45, 7) is -0.707. The van der Waals surface area contributed by atoms with Crippen LogP contribution in [0, 0.1) is 11.7 Å². The van der Waals surface area contributed by atoms with Crippen molar-refractivity contribution in [3.8, 4) is 0 Å². The SMILES string of the molecule is O=C(O)C1Cc2cccc(F)c2N(C(=O)C(F)(F)F)C1. The highest BCUT2D eigenvalue weighted by atomic mass is 19.4. The van der Waals surface area contributed by atoms with E-state index in [-0.39, 0.29) is 16.9 Å². The molecule has 0 aliphatic carbocycles. The van der Waals surface area contributed by atoms with E-state index in [0.29, 0.717) is 0 Å². The maximum Gasteiger partial charge on any atom is 0.471 e. The number of para-hydroxylation sites is 1. The van der Waals surface area contributed by atoms with Gasteiger partial charge in [0.2, 0.25) is 0 Å². The topological polar surface area (TPSA) is 57.6 Å². The highest BCUT2D eigenvalue weighted by molar-refractivity contribution is 5.99. The molecular formula is C12H9F4NO3. The Morgan fingerprint density at radius 3 is 2.50 bits per heavy atom. The molecule has 1 aliphatic rings. The first-order valence-electron chi connectivity index (χ1n) is 5.60. The maximum atomic E-state index is 13.7. The zero-order valence-corrected chi connectivity index (χ0v) is 9.95. The van der Waals surface area contributed by atoms with Crippen molar-refractivity contribution in [2.75, 3.05) is 11.4 Å². The maximum absolute atomic E-state index is 13.7. The predicted octanol–water partition coefficient (Wildman–Crippen LogP) is 1.98. The number of carbonyl (C=O) groups excluding carboxylic acids is 1. The molecule has 1 aliphatic heterocycles. The van der Waals surface area contributed by atoms with Crippen LogP contribution in [-0.2, 0) is 16.0 Å². The molecule has 0 radical (unpaired) electrons. The molecule has 1 heterocycles. The van der Waals surface area contributed by atoms with Crippen molar-refractivity contribution in [3.05, 3.63) is 29.6 Å². The minimum absolute atomic E-state index is 0.0706. The number of carboxylic acid groups (broad SMARTS) is 1. The average molecular weight is 291 g/mol. The van der Waals surface area contributed by atoms with Gasteiger partial charge >= 0.3 is 18.1 Å². The van der Waals surface area contributed by atoms with Crippen LogP contribution >= 0.6 is 0 Å². The van der Waals surface area contributed by atoms with Gasteiger partial charge in [-0.2, -0.15) is 13.2 Å². The summed E-state index contributed by atoms with van der Waals surface area (Å²) >= 11 is 0. The number of benzene rings is 1. The fourth-order valence-electron chi connectivity index (χ4n) is 2.17. The summed E-state index contributed by atoms with van der Waals surface area (Å²) in [7, 11) is 0. The fourth-order valence-corrected chi connectivity index (χ4v) is 2.17. The van der Waals surface area contributed by atoms with Gasteiger partial charge in [-0.1, -0.05) is 12.1 Å². The summed E-state index contributed by atoms with van der Waals surface area (Å²) in [5.41, 5.74) is -0.423. The van der Waals surface area contributed by atoms with E-state index >= 15 is 0 Å². The molecule has 0 aromatic heterocycles. The molecule has 1 aromatic carbocycles. The van der Waals surface area contributed by atoms with Gasteiger partial charge in [-0.25, -0.2) is 4.39 Å². The molecule has 1 aromatic rings. The van der Waals surface area contributed by atoms with E-state index in [0.717, 1.165) is 6.07 Å². The highest BCUT2D eigenvalue weighted by Crippen LogP contribution is 2.35. The van der Waals surface area contributed by atoms with Crippen LogP contribution in [0.25, 0.3) is 0 Å². The molecule has 0 saturated heterocycles. The van der Waals surface area contributed by atoms with Gasteiger partial charge < -0.3 is 10.0 Å². The molecule has 0 saturated carbocycles. The Kier molecular flexibility index (Phi) is 3.41. The monoisotopic (exact) mass is 291 g/mol. The van der Waals surface area contributed by atoms with Crippen molar-refractivity contribution >= 4 is 17.6 Å². The van der Waals surface area contributed by atoms with Crippen molar-refractivity contribution < 1.29 is 32.3 Å². The lowest BCUT2D eigenvalue weighted by Gasteiger charge is -2.33. The summed E-state index contributed by atoms with van der Waals surface area (Å²) in [4.78, 5) is 22.5. The molecule has 4 nitrogen and oxygen atoms in total. The Labute approximate surface area is 110 Å². The van der Waals surface area contributed by atoms with Gasteiger partial charge in [-0.15, -0.1) is 0 Å². The van der Waals surface area contributed by atoms with Gasteiger partial charge in [0, 0.05) is 6.54 Å².